The van der Waals surface area contributed by atoms with E-state index in [-0.39, 0.29) is 29.4 Å². The Morgan fingerprint density at radius 3 is 2.66 bits per heavy atom. The predicted octanol–water partition coefficient (Wildman–Crippen LogP) is 0.656. The molecule has 1 fully saturated rings. The number of thiophene rings is 1. The van der Waals surface area contributed by atoms with E-state index in [1.165, 1.54) is 23.1 Å². The topological polar surface area (TPSA) is 166 Å². The maximum absolute atomic E-state index is 12.7. The highest BCUT2D eigenvalue weighted by Crippen LogP contribution is 2.39. The number of hydrogen-bond acceptors (Lipinski definition) is 9. The molecule has 0 aromatic carbocycles. The van der Waals surface area contributed by atoms with E-state index >= 15 is 0 Å². The van der Waals surface area contributed by atoms with Gasteiger partial charge in [0.05, 0.1) is 12.6 Å². The van der Waals surface area contributed by atoms with E-state index in [1.54, 1.807) is 20.8 Å². The third-order valence-electron chi connectivity index (χ3n) is 4.63. The van der Waals surface area contributed by atoms with Crippen LogP contribution in [-0.4, -0.2) is 75.3 Å². The van der Waals surface area contributed by atoms with Gasteiger partial charge in [-0.05, 0) is 32.2 Å². The zero-order valence-electron chi connectivity index (χ0n) is 19.2. The van der Waals surface area contributed by atoms with Crippen molar-refractivity contribution in [1.82, 2.24) is 21.0 Å². The van der Waals surface area contributed by atoms with Crippen molar-refractivity contribution in [1.29, 1.82) is 0 Å². The van der Waals surface area contributed by atoms with E-state index < -0.39 is 47.4 Å². The summed E-state index contributed by atoms with van der Waals surface area (Å²) in [7, 11) is 0. The molecule has 4 amide bonds. The van der Waals surface area contributed by atoms with Crippen LogP contribution in [0.2, 0.25) is 0 Å². The maximum atomic E-state index is 12.7. The normalized spacial score (nSPS) is 19.6. The van der Waals surface area contributed by atoms with Crippen LogP contribution in [0.1, 0.15) is 25.6 Å². The van der Waals surface area contributed by atoms with Crippen molar-refractivity contribution in [3.63, 3.8) is 0 Å². The van der Waals surface area contributed by atoms with Crippen LogP contribution >= 0.6 is 23.1 Å². The fourth-order valence-corrected chi connectivity index (χ4v) is 5.23. The summed E-state index contributed by atoms with van der Waals surface area (Å²) in [5, 5.41) is 19.7. The summed E-state index contributed by atoms with van der Waals surface area (Å²) in [4.78, 5) is 62.2. The lowest BCUT2D eigenvalue weighted by atomic mass is 10.0. The number of nitrogens with one attached hydrogen (secondary N) is 3. The zero-order valence-corrected chi connectivity index (χ0v) is 20.8. The van der Waals surface area contributed by atoms with Crippen molar-refractivity contribution in [2.75, 3.05) is 12.3 Å². The molecule has 3 rings (SSSR count). The van der Waals surface area contributed by atoms with Gasteiger partial charge < -0.3 is 20.5 Å². The molecule has 1 aromatic heterocycles. The number of alkyl carbamates (subject to hydrolysis) is 1. The Morgan fingerprint density at radius 1 is 1.29 bits per heavy atom. The van der Waals surface area contributed by atoms with Gasteiger partial charge >= 0.3 is 12.1 Å². The number of fused-ring (bicyclic) bond motifs is 1. The molecule has 1 saturated heterocycles. The molecule has 188 valence electrons. The summed E-state index contributed by atoms with van der Waals surface area (Å²) >= 11 is 2.71. The first-order chi connectivity index (χ1) is 16.5. The average molecular weight is 524 g/mol. The Hall–Kier alpha value is -3.39. The monoisotopic (exact) mass is 523 g/mol. The smallest absolute Gasteiger partial charge is 0.408 e. The minimum absolute atomic E-state index is 0.140. The quantitative estimate of drug-likeness (QED) is 0.219. The number of hydrazone groups is 1. The van der Waals surface area contributed by atoms with E-state index in [0.717, 1.165) is 16.0 Å². The van der Waals surface area contributed by atoms with Crippen molar-refractivity contribution < 1.29 is 33.8 Å². The van der Waals surface area contributed by atoms with Gasteiger partial charge in [-0.3, -0.25) is 19.3 Å². The zero-order chi connectivity index (χ0) is 25.8. The van der Waals surface area contributed by atoms with Crippen molar-refractivity contribution >= 4 is 59.1 Å². The number of aliphatic carboxylic acids is 1. The maximum Gasteiger partial charge on any atom is 0.408 e. The first-order valence-electron chi connectivity index (χ1n) is 10.5. The van der Waals surface area contributed by atoms with Gasteiger partial charge in [-0.1, -0.05) is 6.07 Å². The second kappa shape index (κ2) is 10.9. The Labute approximate surface area is 209 Å². The van der Waals surface area contributed by atoms with Gasteiger partial charge in [-0.2, -0.15) is 5.10 Å². The second-order valence-electron chi connectivity index (χ2n) is 8.54. The largest absolute Gasteiger partial charge is 0.477 e. The van der Waals surface area contributed by atoms with Crippen molar-refractivity contribution in [3.8, 4) is 0 Å². The minimum Gasteiger partial charge on any atom is -0.477 e. The molecule has 2 aliphatic rings. The summed E-state index contributed by atoms with van der Waals surface area (Å²) in [5.41, 5.74) is 1.43. The number of thioether (sulfide) groups is 1. The van der Waals surface area contributed by atoms with Gasteiger partial charge in [-0.15, -0.1) is 23.1 Å². The van der Waals surface area contributed by atoms with Crippen LogP contribution in [0.3, 0.4) is 0 Å². The molecule has 12 nitrogen and oxygen atoms in total. The van der Waals surface area contributed by atoms with Gasteiger partial charge in [0, 0.05) is 16.2 Å². The first-order valence-corrected chi connectivity index (χ1v) is 12.4. The third kappa shape index (κ3) is 6.82. The van der Waals surface area contributed by atoms with Crippen molar-refractivity contribution in [2.24, 2.45) is 5.10 Å². The molecule has 2 atom stereocenters. The summed E-state index contributed by atoms with van der Waals surface area (Å²) < 4.78 is 5.02. The van der Waals surface area contributed by atoms with E-state index in [9.17, 15) is 29.1 Å². The molecule has 1 aromatic rings. The number of hydrogen-bond donors (Lipinski definition) is 4. The lowest BCUT2D eigenvalue weighted by molar-refractivity contribution is -0.150. The van der Waals surface area contributed by atoms with Crippen LogP contribution in [0.15, 0.2) is 33.9 Å². The highest BCUT2D eigenvalue weighted by Gasteiger charge is 2.54. The Balaban J connectivity index is 1.56. The molecule has 0 radical (unpaired) electrons. The molecule has 4 N–H and O–H groups in total. The number of carboxylic acid groups (broad SMARTS) is 1. The van der Waals surface area contributed by atoms with Crippen LogP contribution in [0.4, 0.5) is 4.79 Å². The van der Waals surface area contributed by atoms with Crippen LogP contribution in [0.25, 0.3) is 0 Å². The number of carbonyl (C=O) groups is 5. The average Bonchev–Trinajstić information content (AvgIpc) is 3.27. The molecule has 14 heteroatoms. The van der Waals surface area contributed by atoms with Gasteiger partial charge in [0.2, 0.25) is 5.91 Å². The van der Waals surface area contributed by atoms with Crippen molar-refractivity contribution in [3.05, 3.63) is 33.7 Å². The van der Waals surface area contributed by atoms with Crippen LogP contribution in [0, 0.1) is 0 Å². The molecule has 0 spiro atoms. The number of carbonyl (C=O) groups excluding carboxylic acids is 4. The highest BCUT2D eigenvalue weighted by atomic mass is 32.2. The van der Waals surface area contributed by atoms with Gasteiger partial charge in [0.25, 0.3) is 11.8 Å². The molecule has 35 heavy (non-hydrogen) atoms. The van der Waals surface area contributed by atoms with Crippen LogP contribution in [-0.2, 0) is 30.3 Å². The van der Waals surface area contributed by atoms with Gasteiger partial charge in [-0.25, -0.2) is 15.0 Å². The molecule has 3 heterocycles. The summed E-state index contributed by atoms with van der Waals surface area (Å²) in [6, 6.07) is 2.82. The number of amides is 4. The Morgan fingerprint density at radius 2 is 2.03 bits per heavy atom. The predicted molar refractivity (Wildman–Crippen MR) is 129 cm³/mol. The molecule has 0 aliphatic carbocycles. The lowest BCUT2D eigenvalue weighted by Gasteiger charge is -2.49. The highest BCUT2D eigenvalue weighted by molar-refractivity contribution is 8.00. The fraction of sp³-hybridized carbons (Fsp3) is 0.429. The summed E-state index contributed by atoms with van der Waals surface area (Å²) in [6.07, 6.45) is 0.519. The number of carboxylic acids is 1. The SMILES string of the molecule is CC(C)(C)OC(=O)NCC(=O)NN=CC1=C(C(=O)O)N2C(=O)C(NC(=O)Cc3cccs3)[C@H]2SC1. The number of β-lactam (4-membered cyclic amide) rings is 1. The Bertz CT molecular complexity index is 1080. The molecule has 0 saturated carbocycles. The van der Waals surface area contributed by atoms with Gasteiger partial charge in [0.1, 0.15) is 29.3 Å². The number of nitrogens with zero attached hydrogens (tertiary/aromatic N) is 2. The standard InChI is InChI=1S/C21H25N5O7S2/c1-21(2,3)33-20(32)22-9-14(28)25-23-8-11-10-35-18-15(17(29)26(18)16(11)19(30)31)24-13(27)7-12-5-4-6-34-12/h4-6,8,15,18H,7,9-10H2,1-3H3,(H,22,32)(H,24,27)(H,25,28)(H,30,31)/t15?,18-/m1/s1. The molecule has 2 aliphatic heterocycles. The second-order valence-corrected chi connectivity index (χ2v) is 10.7. The molecular weight excluding hydrogens is 498 g/mol. The molecular formula is C21H25N5O7S2. The number of ether oxygens (including phenoxy) is 1. The van der Waals surface area contributed by atoms with Crippen LogP contribution < -0.4 is 16.1 Å². The van der Waals surface area contributed by atoms with Crippen molar-refractivity contribution in [2.45, 2.75) is 44.2 Å². The van der Waals surface area contributed by atoms with E-state index in [2.05, 4.69) is 21.2 Å². The molecule has 1 unspecified atom stereocenters. The summed E-state index contributed by atoms with van der Waals surface area (Å²) in [5.74, 6) is -2.63. The van der Waals surface area contributed by atoms with Gasteiger partial charge in [0.15, 0.2) is 0 Å². The van der Waals surface area contributed by atoms with Crippen LogP contribution in [0.5, 0.6) is 0 Å². The fourth-order valence-electron chi connectivity index (χ4n) is 3.23. The minimum atomic E-state index is -1.33. The first kappa shape index (κ1) is 26.2. The van der Waals surface area contributed by atoms with E-state index in [0.29, 0.717) is 0 Å². The number of rotatable bonds is 8. The Kier molecular flexibility index (Phi) is 8.17. The molecule has 0 bridgehead atoms. The van der Waals surface area contributed by atoms with E-state index in [4.69, 9.17) is 4.74 Å². The summed E-state index contributed by atoms with van der Waals surface area (Å²) in [6.45, 7) is 4.65. The third-order valence-corrected chi connectivity index (χ3v) is 6.81. The van der Waals surface area contributed by atoms with E-state index in [1.807, 2.05) is 17.5 Å². The lowest BCUT2D eigenvalue weighted by Crippen LogP contribution is -2.70.